The number of aromatic nitrogens is 3. The summed E-state index contributed by atoms with van der Waals surface area (Å²) >= 11 is 0. The topological polar surface area (TPSA) is 60.0 Å². The molecule has 1 aliphatic rings. The summed E-state index contributed by atoms with van der Waals surface area (Å²) in [4.78, 5) is 10.5. The molecular weight excluding hydrogens is 407 g/mol. The van der Waals surface area contributed by atoms with E-state index >= 15 is 0 Å². The van der Waals surface area contributed by atoms with Gasteiger partial charge in [-0.3, -0.25) is 4.98 Å². The zero-order chi connectivity index (χ0) is 21.8. The molecule has 0 amide bonds. The van der Waals surface area contributed by atoms with E-state index in [9.17, 15) is 13.2 Å². The standard InChI is InChI=1S/C23H24F3N3O2/c1-30-14-15-2-7-18(8-3-15)31-19-9-4-16(5-10-19)20-11-6-17(12-27-20)22-28-13-21(29-22)23(24,25)26/h4-6,9-13,15,18H,2-3,7-8,14H2,1H3,(H,28,29)/t15-,18-. The first-order valence-electron chi connectivity index (χ1n) is 10.3. The summed E-state index contributed by atoms with van der Waals surface area (Å²) in [7, 11) is 1.74. The van der Waals surface area contributed by atoms with E-state index in [1.54, 1.807) is 19.2 Å². The summed E-state index contributed by atoms with van der Waals surface area (Å²) < 4.78 is 49.5. The molecule has 0 radical (unpaired) electrons. The van der Waals surface area contributed by atoms with E-state index in [0.29, 0.717) is 11.5 Å². The summed E-state index contributed by atoms with van der Waals surface area (Å²) in [5.74, 6) is 1.59. The van der Waals surface area contributed by atoms with E-state index in [2.05, 4.69) is 15.0 Å². The Labute approximate surface area is 178 Å². The monoisotopic (exact) mass is 431 g/mol. The van der Waals surface area contributed by atoms with Crippen molar-refractivity contribution in [3.8, 4) is 28.4 Å². The van der Waals surface area contributed by atoms with Crippen LogP contribution in [0.15, 0.2) is 48.8 Å². The second-order valence-corrected chi connectivity index (χ2v) is 7.80. The molecule has 2 heterocycles. The van der Waals surface area contributed by atoms with Gasteiger partial charge in [-0.15, -0.1) is 0 Å². The number of alkyl halides is 3. The van der Waals surface area contributed by atoms with Crippen molar-refractivity contribution >= 4 is 0 Å². The summed E-state index contributed by atoms with van der Waals surface area (Å²) in [6.45, 7) is 0.816. The highest BCUT2D eigenvalue weighted by molar-refractivity contribution is 5.63. The number of rotatable bonds is 6. The molecule has 3 aromatic rings. The van der Waals surface area contributed by atoms with Crippen molar-refractivity contribution in [3.05, 3.63) is 54.5 Å². The quantitative estimate of drug-likeness (QED) is 0.541. The average molecular weight is 431 g/mol. The molecule has 1 aromatic carbocycles. The Hall–Kier alpha value is -2.87. The molecule has 0 aliphatic heterocycles. The molecule has 1 fully saturated rings. The molecule has 1 saturated carbocycles. The van der Waals surface area contributed by atoms with Gasteiger partial charge in [-0.25, -0.2) is 4.98 Å². The van der Waals surface area contributed by atoms with E-state index < -0.39 is 11.9 Å². The first-order valence-corrected chi connectivity index (χ1v) is 10.3. The number of hydrogen-bond donors (Lipinski definition) is 1. The number of benzene rings is 1. The molecule has 4 rings (SSSR count). The van der Waals surface area contributed by atoms with Crippen LogP contribution in [0.2, 0.25) is 0 Å². The third-order valence-corrected chi connectivity index (χ3v) is 5.55. The van der Waals surface area contributed by atoms with Crippen molar-refractivity contribution in [1.82, 2.24) is 15.0 Å². The van der Waals surface area contributed by atoms with Crippen LogP contribution in [0.3, 0.4) is 0 Å². The first-order chi connectivity index (χ1) is 14.9. The van der Waals surface area contributed by atoms with Crippen LogP contribution in [0.4, 0.5) is 13.2 Å². The predicted molar refractivity (Wildman–Crippen MR) is 111 cm³/mol. The Kier molecular flexibility index (Phi) is 6.27. The third kappa shape index (κ3) is 5.25. The molecule has 8 heteroatoms. The van der Waals surface area contributed by atoms with Crippen LogP contribution in [-0.2, 0) is 10.9 Å². The van der Waals surface area contributed by atoms with Gasteiger partial charge in [0.2, 0.25) is 0 Å². The lowest BCUT2D eigenvalue weighted by molar-refractivity contribution is -0.140. The van der Waals surface area contributed by atoms with Crippen molar-refractivity contribution in [2.45, 2.75) is 38.0 Å². The van der Waals surface area contributed by atoms with Crippen molar-refractivity contribution in [1.29, 1.82) is 0 Å². The Balaban J connectivity index is 1.37. The fourth-order valence-corrected chi connectivity index (χ4v) is 3.87. The number of aromatic amines is 1. The van der Waals surface area contributed by atoms with Crippen LogP contribution in [0.25, 0.3) is 22.6 Å². The second kappa shape index (κ2) is 9.09. The van der Waals surface area contributed by atoms with Gasteiger partial charge in [0, 0.05) is 37.2 Å². The number of nitrogens with one attached hydrogen (secondary N) is 1. The number of imidazole rings is 1. The SMILES string of the molecule is COC[C@H]1CC[C@H](Oc2ccc(-c3ccc(-c4nc(C(F)(F)F)c[nH]4)cn3)cc2)CC1. The highest BCUT2D eigenvalue weighted by Gasteiger charge is 2.33. The number of nitrogens with zero attached hydrogens (tertiary/aromatic N) is 2. The first kappa shape index (κ1) is 21.4. The number of methoxy groups -OCH3 is 1. The molecule has 2 aromatic heterocycles. The molecule has 0 atom stereocenters. The number of halogens is 3. The van der Waals surface area contributed by atoms with Crippen LogP contribution in [0, 0.1) is 5.92 Å². The van der Waals surface area contributed by atoms with E-state index in [1.807, 2.05) is 24.3 Å². The fourth-order valence-electron chi connectivity index (χ4n) is 3.87. The second-order valence-electron chi connectivity index (χ2n) is 7.80. The van der Waals surface area contributed by atoms with Crippen molar-refractivity contribution in [2.75, 3.05) is 13.7 Å². The summed E-state index contributed by atoms with van der Waals surface area (Å²) in [6.07, 6.45) is 2.41. The van der Waals surface area contributed by atoms with Gasteiger partial charge >= 0.3 is 6.18 Å². The van der Waals surface area contributed by atoms with Gasteiger partial charge in [0.25, 0.3) is 0 Å². The molecule has 0 saturated heterocycles. The number of ether oxygens (including phenoxy) is 2. The van der Waals surface area contributed by atoms with Gasteiger partial charge in [-0.05, 0) is 68.0 Å². The largest absolute Gasteiger partial charge is 0.490 e. The minimum atomic E-state index is -4.48. The fraction of sp³-hybridized carbons (Fsp3) is 0.391. The van der Waals surface area contributed by atoms with Crippen LogP contribution in [-0.4, -0.2) is 34.8 Å². The Morgan fingerprint density at radius 3 is 2.29 bits per heavy atom. The van der Waals surface area contributed by atoms with Gasteiger partial charge in [0.05, 0.1) is 11.8 Å². The van der Waals surface area contributed by atoms with E-state index in [4.69, 9.17) is 9.47 Å². The lowest BCUT2D eigenvalue weighted by Crippen LogP contribution is -2.25. The molecule has 0 spiro atoms. The van der Waals surface area contributed by atoms with Crippen molar-refractivity contribution < 1.29 is 22.6 Å². The number of hydrogen-bond acceptors (Lipinski definition) is 4. The Morgan fingerprint density at radius 2 is 1.71 bits per heavy atom. The molecule has 5 nitrogen and oxygen atoms in total. The van der Waals surface area contributed by atoms with Gasteiger partial charge in [0.1, 0.15) is 11.6 Å². The van der Waals surface area contributed by atoms with E-state index in [0.717, 1.165) is 55.5 Å². The Morgan fingerprint density at radius 1 is 1.00 bits per heavy atom. The maximum atomic E-state index is 12.7. The zero-order valence-corrected chi connectivity index (χ0v) is 17.2. The summed E-state index contributed by atoms with van der Waals surface area (Å²) in [5, 5.41) is 0. The van der Waals surface area contributed by atoms with Crippen molar-refractivity contribution in [3.63, 3.8) is 0 Å². The lowest BCUT2D eigenvalue weighted by atomic mass is 9.88. The maximum absolute atomic E-state index is 12.7. The van der Waals surface area contributed by atoms with Gasteiger partial charge in [-0.1, -0.05) is 0 Å². The molecule has 164 valence electrons. The van der Waals surface area contributed by atoms with E-state index in [-0.39, 0.29) is 11.9 Å². The number of pyridine rings is 1. The maximum Gasteiger partial charge on any atom is 0.434 e. The smallest absolute Gasteiger partial charge is 0.434 e. The lowest BCUT2D eigenvalue weighted by Gasteiger charge is -2.28. The molecule has 1 aliphatic carbocycles. The minimum Gasteiger partial charge on any atom is -0.490 e. The summed E-state index contributed by atoms with van der Waals surface area (Å²) in [5.41, 5.74) is 1.16. The van der Waals surface area contributed by atoms with Crippen LogP contribution in [0.5, 0.6) is 5.75 Å². The summed E-state index contributed by atoms with van der Waals surface area (Å²) in [6, 6.07) is 11.2. The molecule has 1 N–H and O–H groups in total. The molecule has 0 bridgehead atoms. The zero-order valence-electron chi connectivity index (χ0n) is 17.2. The number of H-pyrrole nitrogens is 1. The van der Waals surface area contributed by atoms with Crippen LogP contribution in [0.1, 0.15) is 31.4 Å². The highest BCUT2D eigenvalue weighted by atomic mass is 19.4. The molecule has 31 heavy (non-hydrogen) atoms. The average Bonchev–Trinajstić information content (AvgIpc) is 3.27. The predicted octanol–water partition coefficient (Wildman–Crippen LogP) is 5.74. The minimum absolute atomic E-state index is 0.135. The van der Waals surface area contributed by atoms with E-state index in [1.165, 1.54) is 6.20 Å². The van der Waals surface area contributed by atoms with Gasteiger partial charge < -0.3 is 14.5 Å². The van der Waals surface area contributed by atoms with Gasteiger partial charge in [-0.2, -0.15) is 13.2 Å². The van der Waals surface area contributed by atoms with Crippen LogP contribution < -0.4 is 4.74 Å². The highest BCUT2D eigenvalue weighted by Crippen LogP contribution is 2.31. The van der Waals surface area contributed by atoms with Crippen molar-refractivity contribution in [2.24, 2.45) is 5.92 Å². The van der Waals surface area contributed by atoms with Gasteiger partial charge in [0.15, 0.2) is 5.69 Å². The third-order valence-electron chi connectivity index (χ3n) is 5.55. The molecule has 0 unspecified atom stereocenters. The Bertz CT molecular complexity index is 977. The molecular formula is C23H24F3N3O2. The van der Waals surface area contributed by atoms with Crippen LogP contribution >= 0.6 is 0 Å². The normalized spacial score (nSPS) is 19.4.